The standard InChI is InChI=1S/C18H29NO2/c1-17(2,14-3-5-19-6-4-14)21-16(20)18-10-12-7-13(11-18)9-15(18)8-12/h12-15,19H,3-11H2,1-2H3/p+1. The van der Waals surface area contributed by atoms with Gasteiger partial charge in [0.25, 0.3) is 0 Å². The van der Waals surface area contributed by atoms with Crippen LogP contribution in [0, 0.1) is 29.1 Å². The molecule has 5 rings (SSSR count). The smallest absolute Gasteiger partial charge is 0.312 e. The lowest BCUT2D eigenvalue weighted by Gasteiger charge is -2.39. The summed E-state index contributed by atoms with van der Waals surface area (Å²) in [4.78, 5) is 13.0. The van der Waals surface area contributed by atoms with Crippen molar-refractivity contribution >= 4 is 5.97 Å². The lowest BCUT2D eigenvalue weighted by atomic mass is 9.75. The van der Waals surface area contributed by atoms with Crippen LogP contribution in [0.5, 0.6) is 0 Å². The monoisotopic (exact) mass is 292 g/mol. The molecule has 2 unspecified atom stereocenters. The van der Waals surface area contributed by atoms with Crippen molar-refractivity contribution < 1.29 is 14.8 Å². The molecule has 4 bridgehead atoms. The van der Waals surface area contributed by atoms with E-state index in [1.807, 2.05) is 0 Å². The maximum absolute atomic E-state index is 13.0. The lowest BCUT2D eigenvalue weighted by Crippen LogP contribution is -2.86. The molecule has 2 N–H and O–H groups in total. The summed E-state index contributed by atoms with van der Waals surface area (Å²) in [6.07, 6.45) is 8.59. The number of quaternary nitrogens is 1. The van der Waals surface area contributed by atoms with Gasteiger partial charge in [0.15, 0.2) is 0 Å². The van der Waals surface area contributed by atoms with Gasteiger partial charge in [0.2, 0.25) is 0 Å². The van der Waals surface area contributed by atoms with E-state index in [0.29, 0.717) is 11.8 Å². The first-order chi connectivity index (χ1) is 9.99. The number of rotatable bonds is 3. The SMILES string of the molecule is CC(C)(OC(=O)C12CC3CC(CC1C3)C2)C1CC[NH2+]CC1. The highest BCUT2D eigenvalue weighted by Gasteiger charge is 2.63. The molecular formula is C18H30NO2+. The van der Waals surface area contributed by atoms with Crippen LogP contribution in [0.4, 0.5) is 0 Å². The summed E-state index contributed by atoms with van der Waals surface area (Å²) in [6.45, 7) is 6.67. The van der Waals surface area contributed by atoms with Gasteiger partial charge in [-0.3, -0.25) is 4.79 Å². The zero-order valence-electron chi connectivity index (χ0n) is 13.6. The molecule has 0 radical (unpaired) electrons. The summed E-state index contributed by atoms with van der Waals surface area (Å²) in [6, 6.07) is 0. The Labute approximate surface area is 128 Å². The lowest BCUT2D eigenvalue weighted by molar-refractivity contribution is -0.665. The van der Waals surface area contributed by atoms with E-state index in [-0.39, 0.29) is 17.0 Å². The van der Waals surface area contributed by atoms with Crippen LogP contribution < -0.4 is 5.32 Å². The van der Waals surface area contributed by atoms with E-state index in [9.17, 15) is 4.79 Å². The molecule has 118 valence electrons. The number of nitrogens with two attached hydrogens (primary N) is 1. The molecule has 0 spiro atoms. The van der Waals surface area contributed by atoms with Gasteiger partial charge in [-0.15, -0.1) is 0 Å². The predicted molar refractivity (Wildman–Crippen MR) is 80.5 cm³/mol. The van der Waals surface area contributed by atoms with Crippen LogP contribution in [0.15, 0.2) is 0 Å². The molecule has 5 aliphatic rings. The largest absolute Gasteiger partial charge is 0.459 e. The summed E-state index contributed by atoms with van der Waals surface area (Å²) in [5.74, 6) is 2.99. The van der Waals surface area contributed by atoms with Crippen molar-refractivity contribution in [3.8, 4) is 0 Å². The molecule has 1 saturated heterocycles. The number of carbonyl (C=O) groups is 1. The molecule has 0 aromatic heterocycles. The van der Waals surface area contributed by atoms with Crippen molar-refractivity contribution in [1.29, 1.82) is 0 Å². The molecule has 21 heavy (non-hydrogen) atoms. The van der Waals surface area contributed by atoms with Crippen molar-refractivity contribution in [3.63, 3.8) is 0 Å². The Bertz CT molecular complexity index is 424. The van der Waals surface area contributed by atoms with E-state index < -0.39 is 0 Å². The average molecular weight is 292 g/mol. The maximum Gasteiger partial charge on any atom is 0.312 e. The van der Waals surface area contributed by atoms with Gasteiger partial charge < -0.3 is 10.1 Å². The fourth-order valence-corrected chi connectivity index (χ4v) is 6.18. The van der Waals surface area contributed by atoms with Crippen molar-refractivity contribution in [2.45, 2.75) is 64.4 Å². The van der Waals surface area contributed by atoms with Crippen LogP contribution in [-0.4, -0.2) is 24.7 Å². The minimum absolute atomic E-state index is 0.0777. The summed E-state index contributed by atoms with van der Waals surface area (Å²) in [5, 5.41) is 2.38. The Morgan fingerprint density at radius 3 is 2.33 bits per heavy atom. The quantitative estimate of drug-likeness (QED) is 0.810. The normalized spacial score (nSPS) is 42.5. The summed E-state index contributed by atoms with van der Waals surface area (Å²) in [5.41, 5.74) is -0.355. The second-order valence-electron chi connectivity index (χ2n) is 8.83. The molecule has 4 saturated carbocycles. The van der Waals surface area contributed by atoms with Gasteiger partial charge in [-0.1, -0.05) is 0 Å². The van der Waals surface area contributed by atoms with E-state index >= 15 is 0 Å². The minimum atomic E-state index is -0.278. The average Bonchev–Trinajstić information content (AvgIpc) is 2.85. The molecule has 0 amide bonds. The van der Waals surface area contributed by atoms with Gasteiger partial charge in [0, 0.05) is 18.8 Å². The van der Waals surface area contributed by atoms with Gasteiger partial charge in [-0.2, -0.15) is 0 Å². The molecule has 1 aliphatic heterocycles. The fourth-order valence-electron chi connectivity index (χ4n) is 6.18. The van der Waals surface area contributed by atoms with E-state index in [4.69, 9.17) is 4.74 Å². The zero-order chi connectivity index (χ0) is 14.7. The maximum atomic E-state index is 13.0. The molecule has 4 aliphatic carbocycles. The van der Waals surface area contributed by atoms with Crippen molar-refractivity contribution in [2.24, 2.45) is 29.1 Å². The van der Waals surface area contributed by atoms with Crippen LogP contribution in [-0.2, 0) is 9.53 Å². The van der Waals surface area contributed by atoms with E-state index in [1.54, 1.807) is 0 Å². The predicted octanol–water partition coefficient (Wildman–Crippen LogP) is 2.11. The van der Waals surface area contributed by atoms with E-state index in [1.165, 1.54) is 45.2 Å². The first-order valence-corrected chi connectivity index (χ1v) is 9.05. The third kappa shape index (κ3) is 2.15. The van der Waals surface area contributed by atoms with Gasteiger partial charge in [0.05, 0.1) is 18.5 Å². The summed E-state index contributed by atoms with van der Waals surface area (Å²) >= 11 is 0. The number of carbonyl (C=O) groups excluding carboxylic acids is 1. The highest BCUT2D eigenvalue weighted by atomic mass is 16.6. The van der Waals surface area contributed by atoms with E-state index in [2.05, 4.69) is 19.2 Å². The zero-order valence-corrected chi connectivity index (χ0v) is 13.6. The Morgan fingerprint density at radius 1 is 1.10 bits per heavy atom. The van der Waals surface area contributed by atoms with Crippen LogP contribution in [0.1, 0.15) is 58.8 Å². The van der Waals surface area contributed by atoms with Gasteiger partial charge in [-0.05, 0) is 63.7 Å². The minimum Gasteiger partial charge on any atom is -0.459 e. The molecule has 3 nitrogen and oxygen atoms in total. The topological polar surface area (TPSA) is 42.9 Å². The first-order valence-electron chi connectivity index (χ1n) is 9.05. The number of piperidine rings is 1. The fraction of sp³-hybridized carbons (Fsp3) is 0.944. The summed E-state index contributed by atoms with van der Waals surface area (Å²) in [7, 11) is 0. The number of esters is 1. The van der Waals surface area contributed by atoms with Gasteiger partial charge in [0.1, 0.15) is 5.60 Å². The van der Waals surface area contributed by atoms with Crippen LogP contribution in [0.25, 0.3) is 0 Å². The Kier molecular flexibility index (Phi) is 3.15. The molecule has 5 fully saturated rings. The van der Waals surface area contributed by atoms with Gasteiger partial charge in [-0.25, -0.2) is 0 Å². The van der Waals surface area contributed by atoms with Crippen molar-refractivity contribution in [1.82, 2.24) is 0 Å². The first kappa shape index (κ1) is 14.0. The third-order valence-electron chi connectivity index (χ3n) is 7.17. The molecule has 2 atom stereocenters. The van der Waals surface area contributed by atoms with Gasteiger partial charge >= 0.3 is 5.97 Å². The van der Waals surface area contributed by atoms with Crippen LogP contribution >= 0.6 is 0 Å². The van der Waals surface area contributed by atoms with Crippen molar-refractivity contribution in [3.05, 3.63) is 0 Å². The molecule has 1 heterocycles. The Morgan fingerprint density at radius 2 is 1.71 bits per heavy atom. The number of ether oxygens (including phenoxy) is 1. The highest BCUT2D eigenvalue weighted by Crippen LogP contribution is 2.66. The van der Waals surface area contributed by atoms with Crippen molar-refractivity contribution in [2.75, 3.05) is 13.1 Å². The number of hydrogen-bond donors (Lipinski definition) is 1. The van der Waals surface area contributed by atoms with Crippen LogP contribution in [0.3, 0.4) is 0 Å². The van der Waals surface area contributed by atoms with E-state index in [0.717, 1.165) is 24.7 Å². The molecule has 3 heteroatoms. The molecule has 0 aromatic carbocycles. The Hall–Kier alpha value is -0.570. The third-order valence-corrected chi connectivity index (χ3v) is 7.17. The molecular weight excluding hydrogens is 262 g/mol. The second kappa shape index (κ2) is 4.71. The highest BCUT2D eigenvalue weighted by molar-refractivity contribution is 5.79. The summed E-state index contributed by atoms with van der Waals surface area (Å²) < 4.78 is 6.18. The second-order valence-corrected chi connectivity index (χ2v) is 8.83. The molecule has 0 aromatic rings. The van der Waals surface area contributed by atoms with Crippen LogP contribution in [0.2, 0.25) is 0 Å². The number of hydrogen-bond acceptors (Lipinski definition) is 2. The Balaban J connectivity index is 1.48.